The lowest BCUT2D eigenvalue weighted by Gasteiger charge is -2.23. The standard InChI is InChI=1S/C27H31F3N4O5/c1-33(2)26(37)24-18(4-3-9-31-24)13-32-25(36)20-10-19(14-34(20)23(35)12-28)17-7-8-21(39-27(29)30)22(11-17)38-15-16-5-6-16/h3-4,7-9,11,16,19-20,27H,5-6,10,12-15H2,1-2H3,(H,32,36)/t19?,20-/m1/s1. The van der Waals surface area contributed by atoms with Crippen LogP contribution in [0.2, 0.25) is 0 Å². The molecule has 0 radical (unpaired) electrons. The largest absolute Gasteiger partial charge is 0.489 e. The normalized spacial score (nSPS) is 18.7. The van der Waals surface area contributed by atoms with Crippen LogP contribution in [0.3, 0.4) is 0 Å². The first-order valence-corrected chi connectivity index (χ1v) is 12.7. The monoisotopic (exact) mass is 548 g/mol. The first kappa shape index (κ1) is 28.2. The summed E-state index contributed by atoms with van der Waals surface area (Å²) in [5.74, 6) is -1.60. The van der Waals surface area contributed by atoms with Crippen LogP contribution >= 0.6 is 0 Å². The van der Waals surface area contributed by atoms with Crippen LogP contribution < -0.4 is 14.8 Å². The Bertz CT molecular complexity index is 1210. The van der Waals surface area contributed by atoms with E-state index in [2.05, 4.69) is 15.0 Å². The van der Waals surface area contributed by atoms with Gasteiger partial charge >= 0.3 is 6.61 Å². The summed E-state index contributed by atoms with van der Waals surface area (Å²) in [5.41, 5.74) is 1.34. The minimum absolute atomic E-state index is 0.0147. The van der Waals surface area contributed by atoms with Crippen LogP contribution in [0.15, 0.2) is 36.5 Å². The molecule has 39 heavy (non-hydrogen) atoms. The minimum atomic E-state index is -3.02. The van der Waals surface area contributed by atoms with E-state index < -0.39 is 31.1 Å². The molecule has 210 valence electrons. The van der Waals surface area contributed by atoms with Crippen LogP contribution in [0.25, 0.3) is 0 Å². The van der Waals surface area contributed by atoms with E-state index in [-0.39, 0.29) is 48.5 Å². The molecule has 2 atom stereocenters. The second-order valence-electron chi connectivity index (χ2n) is 9.90. The molecule has 2 heterocycles. The van der Waals surface area contributed by atoms with Gasteiger partial charge in [0, 0.05) is 44.9 Å². The third-order valence-corrected chi connectivity index (χ3v) is 6.82. The average molecular weight is 549 g/mol. The van der Waals surface area contributed by atoms with E-state index in [1.165, 1.54) is 22.1 Å². The van der Waals surface area contributed by atoms with Gasteiger partial charge < -0.3 is 24.6 Å². The van der Waals surface area contributed by atoms with Gasteiger partial charge in [-0.05, 0) is 48.9 Å². The molecule has 9 nitrogen and oxygen atoms in total. The molecular weight excluding hydrogens is 517 g/mol. The zero-order valence-electron chi connectivity index (χ0n) is 21.7. The van der Waals surface area contributed by atoms with Crippen molar-refractivity contribution in [3.63, 3.8) is 0 Å². The summed E-state index contributed by atoms with van der Waals surface area (Å²) in [5, 5.41) is 2.74. The summed E-state index contributed by atoms with van der Waals surface area (Å²) in [6.07, 6.45) is 3.68. The molecule has 1 unspecified atom stereocenters. The van der Waals surface area contributed by atoms with E-state index in [4.69, 9.17) is 4.74 Å². The molecule has 3 amide bonds. The van der Waals surface area contributed by atoms with Gasteiger partial charge in [0.1, 0.15) is 11.7 Å². The molecule has 1 aromatic carbocycles. The third kappa shape index (κ3) is 6.98. The Morgan fingerprint density at radius 2 is 1.95 bits per heavy atom. The number of pyridine rings is 1. The zero-order valence-corrected chi connectivity index (χ0v) is 21.7. The van der Waals surface area contributed by atoms with Crippen molar-refractivity contribution in [2.24, 2.45) is 5.92 Å². The Balaban J connectivity index is 1.50. The Hall–Kier alpha value is -3.83. The molecule has 12 heteroatoms. The number of benzene rings is 1. The van der Waals surface area contributed by atoms with Crippen LogP contribution in [-0.2, 0) is 16.1 Å². The lowest BCUT2D eigenvalue weighted by atomic mass is 9.95. The topological polar surface area (TPSA) is 101 Å². The number of carbonyl (C=O) groups is 3. The van der Waals surface area contributed by atoms with E-state index in [0.717, 1.165) is 12.8 Å². The number of halogens is 3. The van der Waals surface area contributed by atoms with Crippen LogP contribution in [0.5, 0.6) is 11.5 Å². The molecule has 1 aromatic heterocycles. The van der Waals surface area contributed by atoms with Crippen LogP contribution in [0.1, 0.15) is 46.8 Å². The van der Waals surface area contributed by atoms with Gasteiger partial charge in [0.05, 0.1) is 6.61 Å². The molecule has 1 aliphatic carbocycles. The van der Waals surface area contributed by atoms with Crippen molar-refractivity contribution in [2.45, 2.75) is 44.4 Å². The number of carbonyl (C=O) groups excluding carboxylic acids is 3. The fourth-order valence-electron chi connectivity index (χ4n) is 4.54. The molecular formula is C27H31F3N4O5. The van der Waals surface area contributed by atoms with E-state index >= 15 is 0 Å². The highest BCUT2D eigenvalue weighted by molar-refractivity contribution is 5.93. The first-order chi connectivity index (χ1) is 18.7. The molecule has 0 spiro atoms. The van der Waals surface area contributed by atoms with Gasteiger partial charge in [-0.25, -0.2) is 4.39 Å². The van der Waals surface area contributed by atoms with Gasteiger partial charge in [0.2, 0.25) is 5.91 Å². The van der Waals surface area contributed by atoms with Gasteiger partial charge in [-0.2, -0.15) is 8.78 Å². The Morgan fingerprint density at radius 3 is 2.62 bits per heavy atom. The molecule has 1 aliphatic heterocycles. The molecule has 2 aliphatic rings. The smallest absolute Gasteiger partial charge is 0.387 e. The highest BCUT2D eigenvalue weighted by Gasteiger charge is 2.40. The van der Waals surface area contributed by atoms with E-state index in [9.17, 15) is 27.6 Å². The second kappa shape index (κ2) is 12.4. The second-order valence-corrected chi connectivity index (χ2v) is 9.90. The van der Waals surface area contributed by atoms with Crippen molar-refractivity contribution >= 4 is 17.7 Å². The first-order valence-electron chi connectivity index (χ1n) is 12.7. The summed E-state index contributed by atoms with van der Waals surface area (Å²) >= 11 is 0. The predicted molar refractivity (Wildman–Crippen MR) is 134 cm³/mol. The highest BCUT2D eigenvalue weighted by Crippen LogP contribution is 2.39. The van der Waals surface area contributed by atoms with Gasteiger partial charge in [-0.3, -0.25) is 19.4 Å². The summed E-state index contributed by atoms with van der Waals surface area (Å²) in [6, 6.07) is 6.89. The maximum Gasteiger partial charge on any atom is 0.387 e. The molecule has 1 N–H and O–H groups in total. The quantitative estimate of drug-likeness (QED) is 0.463. The number of rotatable bonds is 11. The van der Waals surface area contributed by atoms with Crippen molar-refractivity contribution in [1.82, 2.24) is 20.1 Å². The highest BCUT2D eigenvalue weighted by atomic mass is 19.3. The molecule has 1 saturated heterocycles. The summed E-state index contributed by atoms with van der Waals surface area (Å²) in [7, 11) is 3.18. The number of aromatic nitrogens is 1. The molecule has 2 aromatic rings. The number of nitrogens with zero attached hydrogens (tertiary/aromatic N) is 3. The lowest BCUT2D eigenvalue weighted by Crippen LogP contribution is -2.46. The van der Waals surface area contributed by atoms with Crippen molar-refractivity contribution in [2.75, 3.05) is 33.9 Å². The van der Waals surface area contributed by atoms with Gasteiger partial charge in [-0.15, -0.1) is 0 Å². The maximum absolute atomic E-state index is 13.4. The number of nitrogens with one attached hydrogen (secondary N) is 1. The van der Waals surface area contributed by atoms with E-state index in [0.29, 0.717) is 23.7 Å². The Morgan fingerprint density at radius 1 is 1.18 bits per heavy atom. The number of hydrogen-bond acceptors (Lipinski definition) is 6. The van der Waals surface area contributed by atoms with Crippen molar-refractivity contribution in [3.05, 3.63) is 53.3 Å². The lowest BCUT2D eigenvalue weighted by molar-refractivity contribution is -0.139. The number of alkyl halides is 3. The maximum atomic E-state index is 13.4. The average Bonchev–Trinajstić information content (AvgIpc) is 3.65. The van der Waals surface area contributed by atoms with E-state index in [1.807, 2.05) is 0 Å². The zero-order chi connectivity index (χ0) is 28.1. The summed E-state index contributed by atoms with van der Waals surface area (Å²) in [4.78, 5) is 44.7. The number of amides is 3. The van der Waals surface area contributed by atoms with Crippen molar-refractivity contribution in [1.29, 1.82) is 0 Å². The van der Waals surface area contributed by atoms with Crippen LogP contribution in [0.4, 0.5) is 13.2 Å². The Kier molecular flexibility index (Phi) is 8.93. The fraction of sp³-hybridized carbons (Fsp3) is 0.481. The molecule has 4 rings (SSSR count). The SMILES string of the molecule is CN(C)C(=O)c1ncccc1CNC(=O)[C@H]1CC(c2ccc(OC(F)F)c(OCC3CC3)c2)CN1C(=O)CF. The van der Waals surface area contributed by atoms with E-state index in [1.54, 1.807) is 38.4 Å². The summed E-state index contributed by atoms with van der Waals surface area (Å²) < 4.78 is 49.6. The van der Waals surface area contributed by atoms with Gasteiger partial charge in [0.15, 0.2) is 18.2 Å². The Labute approximate surface area is 224 Å². The summed E-state index contributed by atoms with van der Waals surface area (Å²) in [6.45, 7) is -3.87. The predicted octanol–water partition coefficient (Wildman–Crippen LogP) is 3.14. The number of ether oxygens (including phenoxy) is 2. The van der Waals surface area contributed by atoms with Crippen molar-refractivity contribution < 1.29 is 37.0 Å². The van der Waals surface area contributed by atoms with Crippen molar-refractivity contribution in [3.8, 4) is 11.5 Å². The third-order valence-electron chi connectivity index (χ3n) is 6.82. The van der Waals surface area contributed by atoms with Gasteiger partial charge in [0.25, 0.3) is 11.8 Å². The van der Waals surface area contributed by atoms with Crippen LogP contribution in [-0.4, -0.2) is 79.1 Å². The van der Waals surface area contributed by atoms with Gasteiger partial charge in [-0.1, -0.05) is 12.1 Å². The molecule has 0 bridgehead atoms. The number of hydrogen-bond donors (Lipinski definition) is 1. The minimum Gasteiger partial charge on any atom is -0.489 e. The molecule has 1 saturated carbocycles. The van der Waals surface area contributed by atoms with Crippen LogP contribution in [0, 0.1) is 5.92 Å². The molecule has 2 fully saturated rings. The fourth-order valence-corrected chi connectivity index (χ4v) is 4.54. The number of likely N-dealkylation sites (tertiary alicyclic amines) is 1.